The van der Waals surface area contributed by atoms with E-state index in [0.717, 1.165) is 5.56 Å². The molecule has 5 heteroatoms. The first-order valence-corrected chi connectivity index (χ1v) is 7.38. The number of rotatable bonds is 5. The topological polar surface area (TPSA) is 75.6 Å². The predicted molar refractivity (Wildman–Crippen MR) is 84.9 cm³/mol. The Balaban J connectivity index is 3.07. The van der Waals surface area contributed by atoms with E-state index >= 15 is 0 Å². The fraction of sp³-hybridized carbons (Fsp3) is 0.529. The van der Waals surface area contributed by atoms with E-state index < -0.39 is 29.1 Å². The highest BCUT2D eigenvalue weighted by molar-refractivity contribution is 5.82. The zero-order valence-corrected chi connectivity index (χ0v) is 13.8. The first-order chi connectivity index (χ1) is 10.1. The second kappa shape index (κ2) is 6.81. The fourth-order valence-corrected chi connectivity index (χ4v) is 2.31. The third-order valence-corrected chi connectivity index (χ3v) is 3.71. The Morgan fingerprint density at radius 2 is 1.73 bits per heavy atom. The average Bonchev–Trinajstić information content (AvgIpc) is 2.43. The third kappa shape index (κ3) is 4.48. The van der Waals surface area contributed by atoms with E-state index in [1.54, 1.807) is 20.8 Å². The summed E-state index contributed by atoms with van der Waals surface area (Å²) in [5.41, 5.74) is -0.548. The molecular formula is C17H25NO4. The monoisotopic (exact) mass is 307 g/mol. The Labute approximate surface area is 131 Å². The van der Waals surface area contributed by atoms with Crippen LogP contribution in [0, 0.1) is 0 Å². The number of alkyl carbamates (subject to hydrolysis) is 1. The molecule has 1 rings (SSSR count). The Morgan fingerprint density at radius 3 is 2.14 bits per heavy atom. The lowest BCUT2D eigenvalue weighted by Crippen LogP contribution is -2.54. The number of ether oxygens (including phenoxy) is 1. The van der Waals surface area contributed by atoms with Gasteiger partial charge in [0.25, 0.3) is 0 Å². The number of aliphatic carboxylic acids is 1. The van der Waals surface area contributed by atoms with Crippen LogP contribution in [0.25, 0.3) is 0 Å². The number of hydrogen-bond acceptors (Lipinski definition) is 3. The summed E-state index contributed by atoms with van der Waals surface area (Å²) in [4.78, 5) is 23.7. The summed E-state index contributed by atoms with van der Waals surface area (Å²) >= 11 is 0. The summed E-state index contributed by atoms with van der Waals surface area (Å²) in [5.74, 6) is -1.08. The SMILES string of the molecule is CCC(C)(c1ccccc1)C(NC(=O)OC(C)(C)C)C(=O)O. The molecule has 0 aliphatic carbocycles. The van der Waals surface area contributed by atoms with Crippen LogP contribution in [0.1, 0.15) is 46.6 Å². The van der Waals surface area contributed by atoms with E-state index in [0.29, 0.717) is 6.42 Å². The van der Waals surface area contributed by atoms with Gasteiger partial charge in [0, 0.05) is 5.41 Å². The van der Waals surface area contributed by atoms with Gasteiger partial charge in [0.15, 0.2) is 0 Å². The molecule has 5 nitrogen and oxygen atoms in total. The van der Waals surface area contributed by atoms with Crippen molar-refractivity contribution in [1.82, 2.24) is 5.32 Å². The summed E-state index contributed by atoms with van der Waals surface area (Å²) in [6.07, 6.45) is -0.167. The lowest BCUT2D eigenvalue weighted by Gasteiger charge is -2.35. The molecule has 22 heavy (non-hydrogen) atoms. The van der Waals surface area contributed by atoms with Crippen molar-refractivity contribution in [3.63, 3.8) is 0 Å². The van der Waals surface area contributed by atoms with Crippen molar-refractivity contribution < 1.29 is 19.4 Å². The third-order valence-electron chi connectivity index (χ3n) is 3.71. The molecule has 0 saturated carbocycles. The van der Waals surface area contributed by atoms with Crippen LogP contribution in [0.3, 0.4) is 0 Å². The molecule has 0 spiro atoms. The molecule has 0 fully saturated rings. The number of carbonyl (C=O) groups excluding carboxylic acids is 1. The van der Waals surface area contributed by atoms with Crippen LogP contribution in [-0.4, -0.2) is 28.8 Å². The standard InChI is InChI=1S/C17H25NO4/c1-6-17(5,12-10-8-7-9-11-12)13(14(19)20)18-15(21)22-16(2,3)4/h7-11,13H,6H2,1-5H3,(H,18,21)(H,19,20). The van der Waals surface area contributed by atoms with Crippen LogP contribution in [0.5, 0.6) is 0 Å². The molecule has 122 valence electrons. The van der Waals surface area contributed by atoms with Crippen molar-refractivity contribution in [1.29, 1.82) is 0 Å². The lowest BCUT2D eigenvalue weighted by molar-refractivity contribution is -0.141. The second-order valence-corrected chi connectivity index (χ2v) is 6.55. The molecule has 2 N–H and O–H groups in total. The van der Waals surface area contributed by atoms with Gasteiger partial charge < -0.3 is 15.2 Å². The Morgan fingerprint density at radius 1 is 1.18 bits per heavy atom. The molecule has 0 saturated heterocycles. The van der Waals surface area contributed by atoms with Crippen LogP contribution in [0.2, 0.25) is 0 Å². The Bertz CT molecular complexity index is 521. The van der Waals surface area contributed by atoms with Gasteiger partial charge in [-0.1, -0.05) is 44.2 Å². The zero-order chi connectivity index (χ0) is 17.0. The molecule has 0 aliphatic rings. The van der Waals surface area contributed by atoms with Gasteiger partial charge in [0.05, 0.1) is 0 Å². The fourth-order valence-electron chi connectivity index (χ4n) is 2.31. The van der Waals surface area contributed by atoms with E-state index in [-0.39, 0.29) is 0 Å². The minimum atomic E-state index is -1.08. The Hall–Kier alpha value is -2.04. The molecule has 2 atom stereocenters. The number of nitrogens with one attached hydrogen (secondary N) is 1. The van der Waals surface area contributed by atoms with Crippen molar-refractivity contribution >= 4 is 12.1 Å². The number of carboxylic acids is 1. The largest absolute Gasteiger partial charge is 0.480 e. The van der Waals surface area contributed by atoms with Gasteiger partial charge in [-0.25, -0.2) is 9.59 Å². The normalized spacial score (nSPS) is 15.5. The number of amides is 1. The van der Waals surface area contributed by atoms with Crippen LogP contribution < -0.4 is 5.32 Å². The highest BCUT2D eigenvalue weighted by Crippen LogP contribution is 2.31. The Kier molecular flexibility index (Phi) is 5.58. The summed E-state index contributed by atoms with van der Waals surface area (Å²) in [5, 5.41) is 12.1. The van der Waals surface area contributed by atoms with Gasteiger partial charge in [-0.05, 0) is 32.8 Å². The molecule has 0 aliphatic heterocycles. The molecule has 1 aromatic rings. The number of carbonyl (C=O) groups is 2. The maximum absolute atomic E-state index is 12.0. The van der Waals surface area contributed by atoms with Crippen LogP contribution >= 0.6 is 0 Å². The van der Waals surface area contributed by atoms with Crippen LogP contribution in [-0.2, 0) is 14.9 Å². The van der Waals surface area contributed by atoms with Crippen molar-refractivity contribution in [2.45, 2.75) is 58.1 Å². The minimum absolute atomic E-state index is 0.559. The highest BCUT2D eigenvalue weighted by atomic mass is 16.6. The van der Waals surface area contributed by atoms with Gasteiger partial charge in [0.2, 0.25) is 0 Å². The van der Waals surface area contributed by atoms with Gasteiger partial charge >= 0.3 is 12.1 Å². The van der Waals surface area contributed by atoms with Crippen molar-refractivity contribution in [2.75, 3.05) is 0 Å². The van der Waals surface area contributed by atoms with Crippen molar-refractivity contribution in [3.8, 4) is 0 Å². The van der Waals surface area contributed by atoms with Gasteiger partial charge in [-0.3, -0.25) is 0 Å². The molecule has 0 radical (unpaired) electrons. The quantitative estimate of drug-likeness (QED) is 0.875. The van der Waals surface area contributed by atoms with Gasteiger partial charge in [-0.2, -0.15) is 0 Å². The smallest absolute Gasteiger partial charge is 0.408 e. The summed E-state index contributed by atoms with van der Waals surface area (Å²) in [7, 11) is 0. The maximum Gasteiger partial charge on any atom is 0.408 e. The average molecular weight is 307 g/mol. The van der Waals surface area contributed by atoms with E-state index in [1.807, 2.05) is 44.2 Å². The first kappa shape index (κ1) is 18.0. The zero-order valence-electron chi connectivity index (χ0n) is 13.8. The van der Waals surface area contributed by atoms with Gasteiger partial charge in [0.1, 0.15) is 11.6 Å². The number of carboxylic acid groups (broad SMARTS) is 1. The van der Waals surface area contributed by atoms with Crippen LogP contribution in [0.4, 0.5) is 4.79 Å². The summed E-state index contributed by atoms with van der Waals surface area (Å²) in [6.45, 7) is 8.94. The number of hydrogen-bond donors (Lipinski definition) is 2. The van der Waals surface area contributed by atoms with E-state index in [4.69, 9.17) is 4.74 Å². The molecule has 1 aromatic carbocycles. The van der Waals surface area contributed by atoms with Crippen molar-refractivity contribution in [2.24, 2.45) is 0 Å². The van der Waals surface area contributed by atoms with Crippen LogP contribution in [0.15, 0.2) is 30.3 Å². The molecule has 1 amide bonds. The van der Waals surface area contributed by atoms with E-state index in [9.17, 15) is 14.7 Å². The summed E-state index contributed by atoms with van der Waals surface area (Å²) in [6, 6.07) is 8.25. The molecular weight excluding hydrogens is 282 g/mol. The summed E-state index contributed by atoms with van der Waals surface area (Å²) < 4.78 is 5.18. The maximum atomic E-state index is 12.0. The molecule has 0 aromatic heterocycles. The van der Waals surface area contributed by atoms with E-state index in [1.165, 1.54) is 0 Å². The molecule has 0 bridgehead atoms. The predicted octanol–water partition coefficient (Wildman–Crippen LogP) is 3.33. The van der Waals surface area contributed by atoms with Crippen molar-refractivity contribution in [3.05, 3.63) is 35.9 Å². The molecule has 2 unspecified atom stereocenters. The number of benzene rings is 1. The molecule has 0 heterocycles. The van der Waals surface area contributed by atoms with Gasteiger partial charge in [-0.15, -0.1) is 0 Å². The lowest BCUT2D eigenvalue weighted by atomic mass is 9.74. The van der Waals surface area contributed by atoms with E-state index in [2.05, 4.69) is 5.32 Å². The second-order valence-electron chi connectivity index (χ2n) is 6.55. The highest BCUT2D eigenvalue weighted by Gasteiger charge is 2.41. The first-order valence-electron chi connectivity index (χ1n) is 7.38. The minimum Gasteiger partial charge on any atom is -0.480 e.